The van der Waals surface area contributed by atoms with E-state index >= 15 is 0 Å². The molecule has 0 radical (unpaired) electrons. The van der Waals surface area contributed by atoms with Crippen LogP contribution in [0.25, 0.3) is 16.6 Å². The maximum atomic E-state index is 12.4. The lowest BCUT2D eigenvalue weighted by atomic mass is 10.1. The van der Waals surface area contributed by atoms with E-state index in [0.29, 0.717) is 21.6 Å². The number of aromatic nitrogens is 3. The summed E-state index contributed by atoms with van der Waals surface area (Å²) < 4.78 is 7.10. The lowest BCUT2D eigenvalue weighted by molar-refractivity contribution is -0.113. The average Bonchev–Trinajstić information content (AvgIpc) is 3.10. The first kappa shape index (κ1) is 18.6. The number of carbonyl (C=O) groups is 1. The molecule has 28 heavy (non-hydrogen) atoms. The highest BCUT2D eigenvalue weighted by molar-refractivity contribution is 7.99. The quantitative estimate of drug-likeness (QED) is 0.486. The minimum atomic E-state index is -0.153. The predicted molar refractivity (Wildman–Crippen MR) is 113 cm³/mol. The van der Waals surface area contributed by atoms with E-state index in [0.717, 1.165) is 22.1 Å². The van der Waals surface area contributed by atoms with E-state index in [1.54, 1.807) is 25.3 Å². The van der Waals surface area contributed by atoms with Crippen LogP contribution in [-0.2, 0) is 4.79 Å². The maximum Gasteiger partial charge on any atom is 0.234 e. The van der Waals surface area contributed by atoms with E-state index in [9.17, 15) is 4.79 Å². The smallest absolute Gasteiger partial charge is 0.234 e. The minimum Gasteiger partial charge on any atom is -0.495 e. The lowest BCUT2D eigenvalue weighted by Crippen LogP contribution is -2.14. The molecule has 0 bridgehead atoms. The van der Waals surface area contributed by atoms with Crippen LogP contribution in [0.5, 0.6) is 5.75 Å². The largest absolute Gasteiger partial charge is 0.495 e. The van der Waals surface area contributed by atoms with Crippen LogP contribution in [-0.4, -0.2) is 33.4 Å². The van der Waals surface area contributed by atoms with E-state index in [4.69, 9.17) is 16.3 Å². The Labute approximate surface area is 170 Å². The van der Waals surface area contributed by atoms with Crippen molar-refractivity contribution < 1.29 is 9.53 Å². The van der Waals surface area contributed by atoms with Crippen LogP contribution in [0.4, 0.5) is 5.69 Å². The Kier molecular flexibility index (Phi) is 5.11. The number of carbonyl (C=O) groups excluding carboxylic acids is 1. The van der Waals surface area contributed by atoms with Gasteiger partial charge in [0.1, 0.15) is 5.75 Å². The number of thioether (sulfide) groups is 1. The molecule has 8 heteroatoms. The highest BCUT2D eigenvalue weighted by Gasteiger charge is 2.13. The van der Waals surface area contributed by atoms with Crippen LogP contribution in [0.3, 0.4) is 0 Å². The second kappa shape index (κ2) is 7.69. The van der Waals surface area contributed by atoms with Crippen molar-refractivity contribution in [1.82, 2.24) is 14.6 Å². The third kappa shape index (κ3) is 3.50. The van der Waals surface area contributed by atoms with Crippen molar-refractivity contribution in [2.24, 2.45) is 0 Å². The fraction of sp³-hybridized carbons (Fsp3) is 0.150. The number of halogens is 1. The topological polar surface area (TPSA) is 68.5 Å². The Balaban J connectivity index is 1.53. The summed E-state index contributed by atoms with van der Waals surface area (Å²) in [7, 11) is 1.55. The lowest BCUT2D eigenvalue weighted by Gasteiger charge is -2.09. The molecular weight excluding hydrogens is 396 g/mol. The van der Waals surface area contributed by atoms with E-state index in [-0.39, 0.29) is 11.7 Å². The molecule has 0 aliphatic heterocycles. The molecule has 2 aromatic carbocycles. The number of nitrogens with one attached hydrogen (secondary N) is 1. The van der Waals surface area contributed by atoms with E-state index in [1.807, 2.05) is 28.7 Å². The van der Waals surface area contributed by atoms with Crippen molar-refractivity contribution in [2.45, 2.75) is 12.1 Å². The van der Waals surface area contributed by atoms with Crippen LogP contribution in [0, 0.1) is 6.92 Å². The summed E-state index contributed by atoms with van der Waals surface area (Å²) in [6, 6.07) is 15.2. The van der Waals surface area contributed by atoms with Gasteiger partial charge < -0.3 is 10.1 Å². The van der Waals surface area contributed by atoms with Gasteiger partial charge in [0.05, 0.1) is 23.4 Å². The summed E-state index contributed by atoms with van der Waals surface area (Å²) in [6.45, 7) is 2.05. The first-order chi connectivity index (χ1) is 13.6. The molecule has 0 spiro atoms. The highest BCUT2D eigenvalue weighted by Crippen LogP contribution is 2.28. The Morgan fingerprint density at radius 1 is 1.21 bits per heavy atom. The Bertz CT molecular complexity index is 1190. The molecule has 1 N–H and O–H groups in total. The van der Waals surface area contributed by atoms with Crippen LogP contribution in [0.2, 0.25) is 5.02 Å². The van der Waals surface area contributed by atoms with Gasteiger partial charge in [-0.05, 0) is 42.8 Å². The molecule has 0 aliphatic rings. The van der Waals surface area contributed by atoms with Crippen LogP contribution < -0.4 is 10.1 Å². The number of amides is 1. The molecule has 0 unspecified atom stereocenters. The van der Waals surface area contributed by atoms with Gasteiger partial charge in [-0.1, -0.05) is 41.6 Å². The Hall–Kier alpha value is -2.77. The summed E-state index contributed by atoms with van der Waals surface area (Å²) in [4.78, 5) is 12.4. The number of rotatable bonds is 5. The maximum absolute atomic E-state index is 12.4. The fourth-order valence-corrected chi connectivity index (χ4v) is 4.05. The first-order valence-electron chi connectivity index (χ1n) is 8.56. The summed E-state index contributed by atoms with van der Waals surface area (Å²) in [5.41, 5.74) is 3.54. The molecule has 0 fully saturated rings. The predicted octanol–water partition coefficient (Wildman–Crippen LogP) is 4.58. The number of para-hydroxylation sites is 1. The molecule has 4 aromatic rings. The van der Waals surface area contributed by atoms with Gasteiger partial charge >= 0.3 is 0 Å². The van der Waals surface area contributed by atoms with Crippen LogP contribution in [0.15, 0.2) is 53.7 Å². The number of pyridine rings is 1. The standard InChI is InChI=1S/C20H17ClN4O2S/c1-12-9-18-23-24-20(25(18)16-6-4-3-5-14(12)16)28-11-19(26)22-13-7-8-17(27-2)15(21)10-13/h3-10H,11H2,1-2H3,(H,22,26). The van der Waals surface area contributed by atoms with Crippen LogP contribution >= 0.6 is 23.4 Å². The van der Waals surface area contributed by atoms with Crippen molar-refractivity contribution in [1.29, 1.82) is 0 Å². The van der Waals surface area contributed by atoms with Gasteiger partial charge in [-0.2, -0.15) is 0 Å². The Morgan fingerprint density at radius 3 is 2.82 bits per heavy atom. The highest BCUT2D eigenvalue weighted by atomic mass is 35.5. The van der Waals surface area contributed by atoms with Crippen molar-refractivity contribution in [2.75, 3.05) is 18.2 Å². The van der Waals surface area contributed by atoms with Gasteiger partial charge in [-0.15, -0.1) is 10.2 Å². The number of hydrogen-bond acceptors (Lipinski definition) is 5. The van der Waals surface area contributed by atoms with Gasteiger partial charge in [0.25, 0.3) is 0 Å². The number of hydrogen-bond donors (Lipinski definition) is 1. The summed E-state index contributed by atoms with van der Waals surface area (Å²) >= 11 is 7.44. The van der Waals surface area contributed by atoms with Crippen molar-refractivity contribution in [3.05, 3.63) is 59.1 Å². The van der Waals surface area contributed by atoms with Crippen molar-refractivity contribution >= 4 is 51.5 Å². The van der Waals surface area contributed by atoms with E-state index < -0.39 is 0 Å². The first-order valence-corrected chi connectivity index (χ1v) is 9.93. The van der Waals surface area contributed by atoms with Gasteiger partial charge in [-0.25, -0.2) is 0 Å². The molecular formula is C20H17ClN4O2S. The molecule has 2 heterocycles. The van der Waals surface area contributed by atoms with E-state index in [1.165, 1.54) is 11.8 Å². The van der Waals surface area contributed by atoms with Crippen molar-refractivity contribution in [3.63, 3.8) is 0 Å². The van der Waals surface area contributed by atoms with Gasteiger partial charge in [0.15, 0.2) is 10.8 Å². The third-order valence-corrected chi connectivity index (χ3v) is 5.57. The molecule has 1 amide bonds. The zero-order valence-electron chi connectivity index (χ0n) is 15.3. The normalized spacial score (nSPS) is 11.1. The van der Waals surface area contributed by atoms with Crippen LogP contribution in [0.1, 0.15) is 5.56 Å². The molecule has 0 saturated carbocycles. The second-order valence-corrected chi connectivity index (χ2v) is 7.56. The van der Waals surface area contributed by atoms with Crippen molar-refractivity contribution in [3.8, 4) is 5.75 Å². The van der Waals surface area contributed by atoms with E-state index in [2.05, 4.69) is 28.5 Å². The Morgan fingerprint density at radius 2 is 2.04 bits per heavy atom. The molecule has 6 nitrogen and oxygen atoms in total. The number of aryl methyl sites for hydroxylation is 1. The summed E-state index contributed by atoms with van der Waals surface area (Å²) in [5.74, 6) is 0.609. The number of methoxy groups -OCH3 is 1. The molecule has 0 saturated heterocycles. The minimum absolute atomic E-state index is 0.153. The number of fused-ring (bicyclic) bond motifs is 3. The SMILES string of the molecule is COc1ccc(NC(=O)CSc2nnc3cc(C)c4ccccc4n23)cc1Cl. The number of benzene rings is 2. The van der Waals surface area contributed by atoms with Gasteiger partial charge in [0, 0.05) is 11.1 Å². The second-order valence-electron chi connectivity index (χ2n) is 6.21. The molecule has 142 valence electrons. The summed E-state index contributed by atoms with van der Waals surface area (Å²) in [6.07, 6.45) is 0. The summed E-state index contributed by atoms with van der Waals surface area (Å²) in [5, 5.41) is 13.6. The zero-order valence-corrected chi connectivity index (χ0v) is 16.8. The monoisotopic (exact) mass is 412 g/mol. The van der Waals surface area contributed by atoms with Gasteiger partial charge in [-0.3, -0.25) is 9.20 Å². The number of ether oxygens (including phenoxy) is 1. The van der Waals surface area contributed by atoms with Gasteiger partial charge in [0.2, 0.25) is 5.91 Å². The molecule has 4 rings (SSSR count). The molecule has 0 atom stereocenters. The number of anilines is 1. The zero-order chi connectivity index (χ0) is 19.7. The molecule has 0 aliphatic carbocycles. The fourth-order valence-electron chi connectivity index (χ4n) is 3.04. The third-order valence-electron chi connectivity index (χ3n) is 4.34. The number of nitrogens with zero attached hydrogens (tertiary/aromatic N) is 3. The average molecular weight is 413 g/mol. The molecule has 2 aromatic heterocycles.